The zero-order valence-corrected chi connectivity index (χ0v) is 16.6. The average Bonchev–Trinajstić information content (AvgIpc) is 2.64. The Balaban J connectivity index is 1.18. The van der Waals surface area contributed by atoms with Gasteiger partial charge in [0.2, 0.25) is 0 Å². The second-order valence-electron chi connectivity index (χ2n) is 7.93. The van der Waals surface area contributed by atoms with Crippen molar-refractivity contribution >= 4 is 23.9 Å². The van der Waals surface area contributed by atoms with Crippen LogP contribution in [0.5, 0.6) is 0 Å². The quantitative estimate of drug-likeness (QED) is 0.798. The smallest absolute Gasteiger partial charge is 0.410 e. The Labute approximate surface area is 164 Å². The molecule has 3 aliphatic heterocycles. The minimum absolute atomic E-state index is 0.190. The van der Waals surface area contributed by atoms with Crippen molar-refractivity contribution in [1.82, 2.24) is 14.7 Å². The zero-order chi connectivity index (χ0) is 18.9. The summed E-state index contributed by atoms with van der Waals surface area (Å²) >= 11 is 1.84. The minimum atomic E-state index is -0.232. The molecule has 3 aliphatic rings. The first-order valence-electron chi connectivity index (χ1n) is 9.61. The van der Waals surface area contributed by atoms with Gasteiger partial charge in [-0.05, 0) is 24.7 Å². The fraction of sp³-hybridized carbons (Fsp3) is 0.600. The summed E-state index contributed by atoms with van der Waals surface area (Å²) in [5.41, 5.74) is 1.21. The molecule has 0 saturated carbocycles. The monoisotopic (exact) mass is 389 g/mol. The summed E-state index contributed by atoms with van der Waals surface area (Å²) in [6.45, 7) is 5.17. The van der Waals surface area contributed by atoms with Gasteiger partial charge in [0.05, 0.1) is 0 Å². The number of ether oxygens (including phenoxy) is 1. The molecule has 0 aliphatic carbocycles. The second kappa shape index (κ2) is 7.62. The highest BCUT2D eigenvalue weighted by Crippen LogP contribution is 2.41. The van der Waals surface area contributed by atoms with Crippen molar-refractivity contribution in [3.05, 3.63) is 35.9 Å². The first-order valence-corrected chi connectivity index (χ1v) is 10.9. The van der Waals surface area contributed by atoms with Gasteiger partial charge in [-0.3, -0.25) is 0 Å². The molecule has 0 bridgehead atoms. The summed E-state index contributed by atoms with van der Waals surface area (Å²) in [5.74, 6) is 0. The standard InChI is InChI=1S/C20H27N3O3S/c1-27-17-11-22(12-17)18(24)23-14-20(15-23)7-9-21(10-8-20)19(25)26-13-16-5-3-2-4-6-16/h2-6,17H,7-15H2,1H3. The summed E-state index contributed by atoms with van der Waals surface area (Å²) in [4.78, 5) is 30.5. The Morgan fingerprint density at radius 2 is 1.74 bits per heavy atom. The summed E-state index contributed by atoms with van der Waals surface area (Å²) in [6, 6.07) is 9.94. The largest absolute Gasteiger partial charge is 0.445 e. The number of nitrogens with zero attached hydrogens (tertiary/aromatic N) is 3. The summed E-state index contributed by atoms with van der Waals surface area (Å²) in [5, 5.41) is 0.606. The van der Waals surface area contributed by atoms with E-state index in [1.807, 2.05) is 51.9 Å². The molecule has 1 aromatic rings. The van der Waals surface area contributed by atoms with Gasteiger partial charge in [-0.25, -0.2) is 9.59 Å². The maximum Gasteiger partial charge on any atom is 0.410 e. The molecular weight excluding hydrogens is 362 g/mol. The van der Waals surface area contributed by atoms with Gasteiger partial charge < -0.3 is 19.4 Å². The van der Waals surface area contributed by atoms with Gasteiger partial charge in [-0.1, -0.05) is 30.3 Å². The van der Waals surface area contributed by atoms with Crippen LogP contribution in [0.15, 0.2) is 30.3 Å². The molecule has 4 rings (SSSR count). The SMILES string of the molecule is CSC1CN(C(=O)N2CC3(CCN(C(=O)OCc4ccccc4)CC3)C2)C1. The van der Waals surface area contributed by atoms with E-state index in [9.17, 15) is 9.59 Å². The zero-order valence-electron chi connectivity index (χ0n) is 15.8. The molecule has 0 radical (unpaired) electrons. The fourth-order valence-electron chi connectivity index (χ4n) is 4.13. The highest BCUT2D eigenvalue weighted by atomic mass is 32.2. The molecule has 3 amide bonds. The lowest BCUT2D eigenvalue weighted by Crippen LogP contribution is -2.67. The number of urea groups is 1. The van der Waals surface area contributed by atoms with E-state index in [0.717, 1.165) is 44.6 Å². The van der Waals surface area contributed by atoms with Crippen LogP contribution in [-0.4, -0.2) is 77.6 Å². The van der Waals surface area contributed by atoms with E-state index in [2.05, 4.69) is 6.26 Å². The van der Waals surface area contributed by atoms with Crippen molar-refractivity contribution in [3.63, 3.8) is 0 Å². The molecule has 27 heavy (non-hydrogen) atoms. The maximum absolute atomic E-state index is 12.4. The molecule has 0 N–H and O–H groups in total. The summed E-state index contributed by atoms with van der Waals surface area (Å²) in [6.07, 6.45) is 3.77. The molecule has 3 heterocycles. The van der Waals surface area contributed by atoms with Gasteiger partial charge in [0.15, 0.2) is 0 Å². The van der Waals surface area contributed by atoms with Crippen molar-refractivity contribution < 1.29 is 14.3 Å². The molecule has 0 unspecified atom stereocenters. The third-order valence-electron chi connectivity index (χ3n) is 6.06. The van der Waals surface area contributed by atoms with Crippen molar-refractivity contribution in [2.75, 3.05) is 45.5 Å². The third kappa shape index (κ3) is 3.88. The summed E-state index contributed by atoms with van der Waals surface area (Å²) < 4.78 is 5.43. The van der Waals surface area contributed by atoms with Gasteiger partial charge in [-0.2, -0.15) is 11.8 Å². The van der Waals surface area contributed by atoms with E-state index in [4.69, 9.17) is 4.74 Å². The Kier molecular flexibility index (Phi) is 5.21. The van der Waals surface area contributed by atoms with Crippen LogP contribution in [0.2, 0.25) is 0 Å². The van der Waals surface area contributed by atoms with Gasteiger partial charge in [-0.15, -0.1) is 0 Å². The van der Waals surface area contributed by atoms with Crippen molar-refractivity contribution in [2.24, 2.45) is 5.41 Å². The Hall–Kier alpha value is -1.89. The number of hydrogen-bond donors (Lipinski definition) is 0. The first kappa shape index (κ1) is 18.5. The van der Waals surface area contributed by atoms with Gasteiger partial charge in [0, 0.05) is 49.9 Å². The number of benzene rings is 1. The molecular formula is C20H27N3O3S. The number of amides is 3. The van der Waals surface area contributed by atoms with Crippen LogP contribution in [0.1, 0.15) is 18.4 Å². The molecule has 7 heteroatoms. The number of likely N-dealkylation sites (tertiary alicyclic amines) is 3. The number of thioether (sulfide) groups is 1. The van der Waals surface area contributed by atoms with Crippen LogP contribution in [0.4, 0.5) is 9.59 Å². The first-order chi connectivity index (χ1) is 13.1. The van der Waals surface area contributed by atoms with Gasteiger partial charge in [0.25, 0.3) is 0 Å². The van der Waals surface area contributed by atoms with Crippen molar-refractivity contribution in [1.29, 1.82) is 0 Å². The number of carbonyl (C=O) groups is 2. The normalized spacial score (nSPS) is 21.6. The van der Waals surface area contributed by atoms with Crippen LogP contribution >= 0.6 is 11.8 Å². The van der Waals surface area contributed by atoms with E-state index >= 15 is 0 Å². The minimum Gasteiger partial charge on any atom is -0.445 e. The third-order valence-corrected chi connectivity index (χ3v) is 7.03. The van der Waals surface area contributed by atoms with Gasteiger partial charge in [0.1, 0.15) is 6.61 Å². The van der Waals surface area contributed by atoms with Crippen LogP contribution < -0.4 is 0 Å². The lowest BCUT2D eigenvalue weighted by molar-refractivity contribution is -0.0324. The van der Waals surface area contributed by atoms with E-state index in [0.29, 0.717) is 24.9 Å². The predicted octanol–water partition coefficient (Wildman–Crippen LogP) is 2.89. The van der Waals surface area contributed by atoms with Gasteiger partial charge >= 0.3 is 12.1 Å². The summed E-state index contributed by atoms with van der Waals surface area (Å²) in [7, 11) is 0. The Morgan fingerprint density at radius 3 is 2.37 bits per heavy atom. The average molecular weight is 390 g/mol. The van der Waals surface area contributed by atoms with E-state index in [1.165, 1.54) is 0 Å². The fourth-order valence-corrected chi connectivity index (χ4v) is 4.79. The highest BCUT2D eigenvalue weighted by molar-refractivity contribution is 7.99. The van der Waals surface area contributed by atoms with Crippen molar-refractivity contribution in [2.45, 2.75) is 24.7 Å². The van der Waals surface area contributed by atoms with Crippen LogP contribution in [0.3, 0.4) is 0 Å². The van der Waals surface area contributed by atoms with Crippen LogP contribution in [0, 0.1) is 5.41 Å². The molecule has 3 saturated heterocycles. The van der Waals surface area contributed by atoms with E-state index in [-0.39, 0.29) is 17.5 Å². The number of carbonyl (C=O) groups excluding carboxylic acids is 2. The number of piperidine rings is 1. The number of rotatable bonds is 3. The molecule has 6 nitrogen and oxygen atoms in total. The maximum atomic E-state index is 12.4. The van der Waals surface area contributed by atoms with E-state index < -0.39 is 0 Å². The molecule has 146 valence electrons. The van der Waals surface area contributed by atoms with Crippen LogP contribution in [0.25, 0.3) is 0 Å². The molecule has 0 aromatic heterocycles. The lowest BCUT2D eigenvalue weighted by atomic mass is 9.72. The molecule has 1 spiro atoms. The second-order valence-corrected chi connectivity index (χ2v) is 9.07. The topological polar surface area (TPSA) is 53.1 Å². The highest BCUT2D eigenvalue weighted by Gasteiger charge is 2.49. The Bertz CT molecular complexity index is 677. The predicted molar refractivity (Wildman–Crippen MR) is 106 cm³/mol. The lowest BCUT2D eigenvalue weighted by Gasteiger charge is -2.55. The number of hydrogen-bond acceptors (Lipinski definition) is 4. The molecule has 3 fully saturated rings. The van der Waals surface area contributed by atoms with Crippen LogP contribution in [-0.2, 0) is 11.3 Å². The molecule has 0 atom stereocenters. The molecule has 1 aromatic carbocycles. The van der Waals surface area contributed by atoms with E-state index in [1.54, 1.807) is 4.90 Å². The van der Waals surface area contributed by atoms with Crippen molar-refractivity contribution in [3.8, 4) is 0 Å². The Morgan fingerprint density at radius 1 is 1.07 bits per heavy atom.